The number of phenols is 2. The monoisotopic (exact) mass is 430 g/mol. The van der Waals surface area contributed by atoms with Crippen LogP contribution in [0.1, 0.15) is 27.0 Å². The summed E-state index contributed by atoms with van der Waals surface area (Å²) in [6, 6.07) is 15.2. The summed E-state index contributed by atoms with van der Waals surface area (Å²) >= 11 is 6.23. The van der Waals surface area contributed by atoms with E-state index in [1.807, 2.05) is 6.07 Å². The summed E-state index contributed by atoms with van der Waals surface area (Å²) < 4.78 is 0. The van der Waals surface area contributed by atoms with Gasteiger partial charge in [0.25, 0.3) is 0 Å². The van der Waals surface area contributed by atoms with Crippen molar-refractivity contribution in [3.8, 4) is 22.6 Å². The molecular formula is C27H23ClO3. The molecule has 0 aliphatic rings. The molecule has 0 heterocycles. The molecule has 0 saturated carbocycles. The van der Waals surface area contributed by atoms with Gasteiger partial charge in [0.05, 0.1) is 5.02 Å². The third-order valence-electron chi connectivity index (χ3n) is 5.10. The third kappa shape index (κ3) is 4.32. The molecule has 0 aliphatic carbocycles. The molecule has 3 nitrogen and oxygen atoms in total. The van der Waals surface area contributed by atoms with Gasteiger partial charge in [0, 0.05) is 27.8 Å². The summed E-state index contributed by atoms with van der Waals surface area (Å²) in [6.07, 6.45) is 4.38. The van der Waals surface area contributed by atoms with Crippen LogP contribution in [0.4, 0.5) is 0 Å². The smallest absolute Gasteiger partial charge is 0.194 e. The van der Waals surface area contributed by atoms with Crippen molar-refractivity contribution in [1.29, 1.82) is 0 Å². The molecule has 3 aromatic rings. The molecule has 0 fully saturated rings. The van der Waals surface area contributed by atoms with E-state index in [0.29, 0.717) is 40.1 Å². The summed E-state index contributed by atoms with van der Waals surface area (Å²) in [5, 5.41) is 22.0. The zero-order chi connectivity index (χ0) is 22.5. The van der Waals surface area contributed by atoms with Crippen LogP contribution in [0.5, 0.6) is 11.5 Å². The fourth-order valence-electron chi connectivity index (χ4n) is 3.64. The second-order valence-corrected chi connectivity index (χ2v) is 7.48. The molecule has 0 saturated heterocycles. The number of halogens is 1. The van der Waals surface area contributed by atoms with Gasteiger partial charge < -0.3 is 10.2 Å². The Morgan fingerprint density at radius 2 is 1.58 bits per heavy atom. The first-order valence-corrected chi connectivity index (χ1v) is 10.1. The lowest BCUT2D eigenvalue weighted by atomic mass is 9.85. The Bertz CT molecular complexity index is 1190. The van der Waals surface area contributed by atoms with Crippen LogP contribution in [-0.2, 0) is 12.8 Å². The molecule has 0 amide bonds. The van der Waals surface area contributed by atoms with Gasteiger partial charge in [0.2, 0.25) is 0 Å². The number of carbonyl (C=O) groups is 1. The maximum absolute atomic E-state index is 13.3. The van der Waals surface area contributed by atoms with E-state index in [1.165, 1.54) is 0 Å². The van der Waals surface area contributed by atoms with E-state index in [2.05, 4.69) is 19.7 Å². The van der Waals surface area contributed by atoms with E-state index < -0.39 is 0 Å². The number of rotatable bonds is 8. The number of benzene rings is 3. The van der Waals surface area contributed by atoms with Crippen LogP contribution in [0, 0.1) is 0 Å². The number of phenolic OH excluding ortho intramolecular Hbond substituents is 2. The first kappa shape index (κ1) is 22.1. The fourth-order valence-corrected chi connectivity index (χ4v) is 3.86. The number of allylic oxidation sites excluding steroid dienone is 3. The van der Waals surface area contributed by atoms with E-state index in [-0.39, 0.29) is 22.9 Å². The average Bonchev–Trinajstić information content (AvgIpc) is 2.76. The van der Waals surface area contributed by atoms with Crippen molar-refractivity contribution in [3.05, 3.63) is 114 Å². The second kappa shape index (κ2) is 9.50. The number of para-hydroxylation sites is 1. The zero-order valence-electron chi connectivity index (χ0n) is 17.1. The normalized spacial score (nSPS) is 10.5. The average molecular weight is 431 g/mol. The lowest BCUT2D eigenvalue weighted by Crippen LogP contribution is -2.08. The van der Waals surface area contributed by atoms with E-state index in [0.717, 1.165) is 11.1 Å². The van der Waals surface area contributed by atoms with E-state index in [1.54, 1.807) is 60.7 Å². The molecule has 0 atom stereocenters. The Morgan fingerprint density at radius 3 is 2.23 bits per heavy atom. The minimum atomic E-state index is -0.384. The van der Waals surface area contributed by atoms with Gasteiger partial charge in [-0.2, -0.15) is 0 Å². The van der Waals surface area contributed by atoms with E-state index in [4.69, 9.17) is 11.6 Å². The van der Waals surface area contributed by atoms with Gasteiger partial charge in [-0.3, -0.25) is 4.79 Å². The molecule has 0 radical (unpaired) electrons. The molecule has 0 aromatic heterocycles. The van der Waals surface area contributed by atoms with Crippen LogP contribution in [-0.4, -0.2) is 16.0 Å². The number of hydrogen-bond donors (Lipinski definition) is 2. The summed E-state index contributed by atoms with van der Waals surface area (Å²) in [7, 11) is 0. The highest BCUT2D eigenvalue weighted by Gasteiger charge is 2.25. The van der Waals surface area contributed by atoms with Gasteiger partial charge in [-0.25, -0.2) is 0 Å². The molecule has 3 rings (SSSR count). The van der Waals surface area contributed by atoms with Crippen molar-refractivity contribution in [3.63, 3.8) is 0 Å². The first-order chi connectivity index (χ1) is 14.9. The molecule has 2 N–H and O–H groups in total. The van der Waals surface area contributed by atoms with Crippen LogP contribution in [0.25, 0.3) is 16.7 Å². The fraction of sp³-hybridized carbons (Fsp3) is 0.0741. The van der Waals surface area contributed by atoms with Gasteiger partial charge in [-0.1, -0.05) is 60.7 Å². The molecule has 0 aliphatic heterocycles. The lowest BCUT2D eigenvalue weighted by Gasteiger charge is -2.20. The minimum Gasteiger partial charge on any atom is -0.507 e. The van der Waals surface area contributed by atoms with Crippen molar-refractivity contribution in [2.24, 2.45) is 0 Å². The largest absolute Gasteiger partial charge is 0.507 e. The van der Waals surface area contributed by atoms with Crippen LogP contribution in [0.2, 0.25) is 5.02 Å². The standard InChI is InChI=1S/C27H23ClO3/c1-4-10-18-16-22(20-12-7-9-15-24(20)29)27(31)25(19(18)11-5-2)17(3)26(30)21-13-6-8-14-23(21)28/h4-9,12-16,29,31H,1-3,10-11H2. The van der Waals surface area contributed by atoms with Gasteiger partial charge in [-0.15, -0.1) is 13.2 Å². The number of aromatic hydroxyl groups is 2. The SMILES string of the molecule is C=CCc1cc(-c2ccccc2O)c(O)c(C(=C)C(=O)c2ccccc2Cl)c1CC=C. The maximum atomic E-state index is 13.3. The Morgan fingerprint density at radius 1 is 0.935 bits per heavy atom. The highest BCUT2D eigenvalue weighted by atomic mass is 35.5. The van der Waals surface area contributed by atoms with Crippen molar-refractivity contribution in [2.45, 2.75) is 12.8 Å². The molecule has 4 heteroatoms. The Kier molecular flexibility index (Phi) is 6.78. The van der Waals surface area contributed by atoms with Gasteiger partial charge in [0.15, 0.2) is 5.78 Å². The second-order valence-electron chi connectivity index (χ2n) is 7.08. The summed E-state index contributed by atoms with van der Waals surface area (Å²) in [5.74, 6) is -0.491. The quantitative estimate of drug-likeness (QED) is 0.235. The van der Waals surface area contributed by atoms with E-state index >= 15 is 0 Å². The molecular weight excluding hydrogens is 408 g/mol. The van der Waals surface area contributed by atoms with Gasteiger partial charge in [0.1, 0.15) is 11.5 Å². The zero-order valence-corrected chi connectivity index (χ0v) is 17.8. The first-order valence-electron chi connectivity index (χ1n) is 9.77. The molecule has 31 heavy (non-hydrogen) atoms. The predicted octanol–water partition coefficient (Wildman–Crippen LogP) is 6.77. The molecule has 0 spiro atoms. The van der Waals surface area contributed by atoms with Crippen LogP contribution < -0.4 is 0 Å². The lowest BCUT2D eigenvalue weighted by molar-refractivity contribution is 0.105. The number of ketones is 1. The van der Waals surface area contributed by atoms with Crippen LogP contribution >= 0.6 is 11.6 Å². The topological polar surface area (TPSA) is 57.5 Å². The van der Waals surface area contributed by atoms with Crippen molar-refractivity contribution >= 4 is 23.0 Å². The minimum absolute atomic E-state index is 0.0211. The molecule has 156 valence electrons. The number of Topliss-reactive ketones (excluding diaryl/α,β-unsaturated/α-hetero) is 1. The summed E-state index contributed by atoms with van der Waals surface area (Å²) in [4.78, 5) is 13.3. The van der Waals surface area contributed by atoms with Crippen LogP contribution in [0.15, 0.2) is 86.5 Å². The van der Waals surface area contributed by atoms with Gasteiger partial charge >= 0.3 is 0 Å². The number of hydrogen-bond acceptors (Lipinski definition) is 3. The summed E-state index contributed by atoms with van der Waals surface area (Å²) in [6.45, 7) is 11.7. The Hall–Kier alpha value is -3.56. The van der Waals surface area contributed by atoms with Crippen molar-refractivity contribution in [1.82, 2.24) is 0 Å². The van der Waals surface area contributed by atoms with Gasteiger partial charge in [-0.05, 0) is 48.2 Å². The van der Waals surface area contributed by atoms with Crippen LogP contribution in [0.3, 0.4) is 0 Å². The highest BCUT2D eigenvalue weighted by Crippen LogP contribution is 2.43. The Balaban J connectivity index is 2.30. The molecule has 0 bridgehead atoms. The molecule has 0 unspecified atom stereocenters. The summed E-state index contributed by atoms with van der Waals surface area (Å²) in [5.41, 5.74) is 3.19. The van der Waals surface area contributed by atoms with Crippen molar-refractivity contribution < 1.29 is 15.0 Å². The maximum Gasteiger partial charge on any atom is 0.194 e. The third-order valence-corrected chi connectivity index (χ3v) is 5.43. The number of carbonyl (C=O) groups excluding carboxylic acids is 1. The van der Waals surface area contributed by atoms with Crippen molar-refractivity contribution in [2.75, 3.05) is 0 Å². The van der Waals surface area contributed by atoms with E-state index in [9.17, 15) is 15.0 Å². The molecule has 3 aromatic carbocycles. The Labute approximate surface area is 187 Å². The predicted molar refractivity (Wildman–Crippen MR) is 128 cm³/mol. The highest BCUT2D eigenvalue weighted by molar-refractivity contribution is 6.39.